The van der Waals surface area contributed by atoms with Crippen molar-refractivity contribution in [3.8, 4) is 22.9 Å². The maximum atomic E-state index is 13.3. The zero-order valence-electron chi connectivity index (χ0n) is 24.4. The topological polar surface area (TPSA) is 101 Å². The third-order valence-electron chi connectivity index (χ3n) is 8.00. The van der Waals surface area contributed by atoms with Crippen LogP contribution in [0.15, 0.2) is 103 Å². The summed E-state index contributed by atoms with van der Waals surface area (Å²) in [4.78, 5) is 27.2. The van der Waals surface area contributed by atoms with E-state index < -0.39 is 0 Å². The molecule has 0 radical (unpaired) electrons. The molecular weight excluding hydrogens is 548 g/mol. The molecule has 1 fully saturated rings. The molecule has 1 saturated heterocycles. The van der Waals surface area contributed by atoms with Crippen LogP contribution >= 0.6 is 0 Å². The zero-order valence-corrected chi connectivity index (χ0v) is 24.4. The smallest absolute Gasteiger partial charge is 0.255 e. The van der Waals surface area contributed by atoms with E-state index in [0.717, 1.165) is 64.3 Å². The predicted molar refractivity (Wildman–Crippen MR) is 175 cm³/mol. The molecule has 1 aliphatic heterocycles. The van der Waals surface area contributed by atoms with E-state index in [9.17, 15) is 4.79 Å². The molecule has 3 N–H and O–H groups in total. The summed E-state index contributed by atoms with van der Waals surface area (Å²) >= 11 is 0. The first-order valence-corrected chi connectivity index (χ1v) is 14.9. The second-order valence-corrected chi connectivity index (χ2v) is 11.0. The Morgan fingerprint density at radius 2 is 1.80 bits per heavy atom. The lowest BCUT2D eigenvalue weighted by atomic mass is 10.0. The fraction of sp³-hybridized carbons (Fsp3) is 0.167. The molecule has 0 aliphatic carbocycles. The minimum atomic E-state index is -0.171. The molecule has 6 aromatic rings. The Morgan fingerprint density at radius 3 is 2.68 bits per heavy atom. The number of hydrogen-bond donors (Lipinski definition) is 3. The molecule has 3 heterocycles. The van der Waals surface area contributed by atoms with Crippen molar-refractivity contribution in [2.45, 2.75) is 25.8 Å². The summed E-state index contributed by atoms with van der Waals surface area (Å²) < 4.78 is 6.58. The maximum absolute atomic E-state index is 13.3. The molecule has 8 heteroatoms. The van der Waals surface area contributed by atoms with Gasteiger partial charge in [0.25, 0.3) is 5.91 Å². The Labute approximate surface area is 255 Å². The molecule has 218 valence electrons. The van der Waals surface area contributed by atoms with E-state index in [0.29, 0.717) is 28.8 Å². The Hall–Kier alpha value is -5.34. The van der Waals surface area contributed by atoms with Gasteiger partial charge in [0.05, 0.1) is 11.3 Å². The van der Waals surface area contributed by atoms with Crippen LogP contribution in [0.2, 0.25) is 0 Å². The van der Waals surface area contributed by atoms with Crippen LogP contribution in [0.1, 0.15) is 28.8 Å². The van der Waals surface area contributed by atoms with Gasteiger partial charge in [-0.2, -0.15) is 0 Å². The fourth-order valence-corrected chi connectivity index (χ4v) is 5.71. The van der Waals surface area contributed by atoms with Crippen molar-refractivity contribution in [1.82, 2.24) is 20.3 Å². The minimum Gasteiger partial charge on any atom is -0.437 e. The third-order valence-corrected chi connectivity index (χ3v) is 8.00. The number of rotatable bonds is 7. The molecule has 0 saturated carbocycles. The average molecular weight is 581 g/mol. The number of pyridine rings is 1. The van der Waals surface area contributed by atoms with Gasteiger partial charge in [0.15, 0.2) is 0 Å². The number of benzene rings is 4. The van der Waals surface area contributed by atoms with Crippen LogP contribution in [0.5, 0.6) is 11.6 Å². The van der Waals surface area contributed by atoms with Gasteiger partial charge in [-0.05, 0) is 79.0 Å². The van der Waals surface area contributed by atoms with E-state index in [1.165, 1.54) is 0 Å². The molecular formula is C36H32N6O2. The molecule has 1 aliphatic rings. The van der Waals surface area contributed by atoms with E-state index in [4.69, 9.17) is 9.72 Å². The SMILES string of the molecule is Cc1ccc2c(NC(=O)c3ccc4ccccc4c3)cccc2c1Oc1ncccc1-c1ccnc(NC2CCCNC2)n1. The van der Waals surface area contributed by atoms with Crippen LogP contribution < -0.4 is 20.7 Å². The molecule has 7 rings (SSSR count). The lowest BCUT2D eigenvalue weighted by molar-refractivity contribution is 0.102. The lowest BCUT2D eigenvalue weighted by Crippen LogP contribution is -2.38. The van der Waals surface area contributed by atoms with E-state index in [1.807, 2.05) is 97.9 Å². The van der Waals surface area contributed by atoms with Crippen molar-refractivity contribution >= 4 is 39.1 Å². The number of nitrogens with zero attached hydrogens (tertiary/aromatic N) is 3. The second kappa shape index (κ2) is 12.1. The number of carbonyl (C=O) groups excluding carboxylic acids is 1. The van der Waals surface area contributed by atoms with Crippen molar-refractivity contribution in [2.24, 2.45) is 0 Å². The number of ether oxygens (including phenoxy) is 1. The largest absolute Gasteiger partial charge is 0.437 e. The van der Waals surface area contributed by atoms with Gasteiger partial charge in [-0.1, -0.05) is 54.6 Å². The first kappa shape index (κ1) is 27.5. The van der Waals surface area contributed by atoms with Gasteiger partial charge >= 0.3 is 0 Å². The summed E-state index contributed by atoms with van der Waals surface area (Å²) in [7, 11) is 0. The van der Waals surface area contributed by atoms with Crippen molar-refractivity contribution < 1.29 is 9.53 Å². The number of anilines is 2. The highest BCUT2D eigenvalue weighted by molar-refractivity contribution is 6.11. The monoisotopic (exact) mass is 580 g/mol. The van der Waals surface area contributed by atoms with Gasteiger partial charge in [0.2, 0.25) is 11.8 Å². The van der Waals surface area contributed by atoms with Gasteiger partial charge < -0.3 is 20.7 Å². The minimum absolute atomic E-state index is 0.171. The van der Waals surface area contributed by atoms with Gasteiger partial charge in [0, 0.05) is 47.0 Å². The van der Waals surface area contributed by atoms with Gasteiger partial charge in [-0.15, -0.1) is 0 Å². The maximum Gasteiger partial charge on any atom is 0.255 e. The van der Waals surface area contributed by atoms with Crippen LogP contribution in [0.3, 0.4) is 0 Å². The first-order valence-electron chi connectivity index (χ1n) is 14.9. The van der Waals surface area contributed by atoms with Crippen molar-refractivity contribution in [1.29, 1.82) is 0 Å². The van der Waals surface area contributed by atoms with Gasteiger partial charge in [0.1, 0.15) is 5.75 Å². The molecule has 1 amide bonds. The summed E-state index contributed by atoms with van der Waals surface area (Å²) in [5.74, 6) is 1.53. The van der Waals surface area contributed by atoms with Crippen LogP contribution in [0.4, 0.5) is 11.6 Å². The van der Waals surface area contributed by atoms with E-state index in [-0.39, 0.29) is 11.9 Å². The lowest BCUT2D eigenvalue weighted by Gasteiger charge is -2.23. The number of nitrogens with one attached hydrogen (secondary N) is 3. The summed E-state index contributed by atoms with van der Waals surface area (Å²) in [6, 6.07) is 29.6. The molecule has 2 aromatic heterocycles. The predicted octanol–water partition coefficient (Wildman–Crippen LogP) is 7.36. The Balaban J connectivity index is 1.19. The quantitative estimate of drug-likeness (QED) is 0.181. The third kappa shape index (κ3) is 5.67. The van der Waals surface area contributed by atoms with Crippen molar-refractivity contribution in [3.63, 3.8) is 0 Å². The highest BCUT2D eigenvalue weighted by Gasteiger charge is 2.18. The summed E-state index contributed by atoms with van der Waals surface area (Å²) in [6.07, 6.45) is 5.66. The van der Waals surface area contributed by atoms with Crippen LogP contribution in [0, 0.1) is 6.92 Å². The summed E-state index contributed by atoms with van der Waals surface area (Å²) in [5.41, 5.74) is 3.73. The Bertz CT molecular complexity index is 1990. The van der Waals surface area contributed by atoms with E-state index in [2.05, 4.69) is 25.9 Å². The van der Waals surface area contributed by atoms with E-state index >= 15 is 0 Å². The normalized spacial score (nSPS) is 14.8. The van der Waals surface area contributed by atoms with Crippen LogP contribution in [0.25, 0.3) is 32.8 Å². The standard InChI is InChI=1S/C36H32N6O2/c1-23-13-16-28-29(10-4-12-31(28)41-34(43)26-15-14-24-7-2-3-8-25(24)21-26)33(23)44-35-30(11-6-19-38-35)32-17-20-39-36(42-32)40-27-9-5-18-37-22-27/h2-4,6-8,10-17,19-21,27,37H,5,9,18,22H2,1H3,(H,41,43)(H,39,40,42). The Morgan fingerprint density at radius 1 is 0.886 bits per heavy atom. The highest BCUT2D eigenvalue weighted by Crippen LogP contribution is 2.38. The molecule has 1 unspecified atom stereocenters. The molecule has 4 aromatic carbocycles. The number of amides is 1. The van der Waals surface area contributed by atoms with Crippen LogP contribution in [-0.2, 0) is 0 Å². The number of hydrogen-bond acceptors (Lipinski definition) is 7. The Kier molecular flexibility index (Phi) is 7.56. The number of fused-ring (bicyclic) bond motifs is 2. The van der Waals surface area contributed by atoms with Gasteiger partial charge in [-0.3, -0.25) is 4.79 Å². The first-order chi connectivity index (χ1) is 21.6. The molecule has 0 spiro atoms. The molecule has 1 atom stereocenters. The van der Waals surface area contributed by atoms with Crippen molar-refractivity contribution in [3.05, 3.63) is 115 Å². The highest BCUT2D eigenvalue weighted by atomic mass is 16.5. The number of piperidine rings is 1. The molecule has 44 heavy (non-hydrogen) atoms. The zero-order chi connectivity index (χ0) is 29.9. The summed E-state index contributed by atoms with van der Waals surface area (Å²) in [6.45, 7) is 3.93. The average Bonchev–Trinajstić information content (AvgIpc) is 3.07. The number of aryl methyl sites for hydroxylation is 1. The second-order valence-electron chi connectivity index (χ2n) is 11.0. The molecule has 8 nitrogen and oxygen atoms in total. The van der Waals surface area contributed by atoms with E-state index in [1.54, 1.807) is 12.4 Å². The van der Waals surface area contributed by atoms with Crippen LogP contribution in [-0.4, -0.2) is 40.0 Å². The number of carbonyl (C=O) groups is 1. The summed E-state index contributed by atoms with van der Waals surface area (Å²) in [5, 5.41) is 13.8. The van der Waals surface area contributed by atoms with Crippen molar-refractivity contribution in [2.75, 3.05) is 23.7 Å². The molecule has 0 bridgehead atoms. The number of aromatic nitrogens is 3. The van der Waals surface area contributed by atoms with Gasteiger partial charge in [-0.25, -0.2) is 15.0 Å². The fourth-order valence-electron chi connectivity index (χ4n) is 5.71.